The topological polar surface area (TPSA) is 75.7 Å². The van der Waals surface area contributed by atoms with Crippen molar-refractivity contribution in [3.05, 3.63) is 113 Å². The smallest absolute Gasteiger partial charge is 0.343 e. The van der Waals surface area contributed by atoms with Crippen molar-refractivity contribution < 1.29 is 19.1 Å². The van der Waals surface area contributed by atoms with Gasteiger partial charge in [-0.05, 0) is 60.8 Å². The van der Waals surface area contributed by atoms with Gasteiger partial charge in [0.2, 0.25) is 0 Å². The number of amides is 2. The van der Waals surface area contributed by atoms with E-state index >= 15 is 0 Å². The molecule has 0 bridgehead atoms. The fraction of sp³-hybridized carbons (Fsp3) is 0. The summed E-state index contributed by atoms with van der Waals surface area (Å²) >= 11 is 11.1. The fourth-order valence-electron chi connectivity index (χ4n) is 3.19. The van der Waals surface area contributed by atoms with E-state index in [1.165, 1.54) is 17.1 Å². The van der Waals surface area contributed by atoms with Crippen LogP contribution in [0.5, 0.6) is 5.75 Å². The van der Waals surface area contributed by atoms with Crippen LogP contribution < -0.4 is 15.0 Å². The number of nitrogens with zero attached hydrogens (tertiary/aromatic N) is 1. The first-order chi connectivity index (χ1) is 16.4. The second-order valence-corrected chi connectivity index (χ2v) is 7.93. The Balaban J connectivity index is 1.56. The van der Waals surface area contributed by atoms with E-state index in [1.54, 1.807) is 78.9 Å². The highest BCUT2D eigenvalue weighted by Crippen LogP contribution is 2.24. The minimum absolute atomic E-state index is 0.0170. The molecule has 1 fully saturated rings. The number of carbonyl (C=O) groups is 3. The number of rotatable bonds is 5. The van der Waals surface area contributed by atoms with Gasteiger partial charge in [-0.2, -0.15) is 0 Å². The van der Waals surface area contributed by atoms with Gasteiger partial charge in [0, 0.05) is 10.6 Å². The summed E-state index contributed by atoms with van der Waals surface area (Å²) < 4.78 is 5.52. The number of allylic oxidation sites excluding steroid dienone is 2. The number of anilines is 1. The lowest BCUT2D eigenvalue weighted by atomic mass is 10.1. The number of hydrogen-bond acceptors (Lipinski definition) is 5. The summed E-state index contributed by atoms with van der Waals surface area (Å²) in [6.07, 6.45) is 4.56. The van der Waals surface area contributed by atoms with E-state index in [4.69, 9.17) is 28.6 Å². The van der Waals surface area contributed by atoms with E-state index in [-0.39, 0.29) is 10.7 Å². The molecule has 2 amide bonds. The van der Waals surface area contributed by atoms with Crippen LogP contribution in [0.1, 0.15) is 15.9 Å². The number of hydrogen-bond donors (Lipinski definition) is 1. The van der Waals surface area contributed by atoms with Crippen molar-refractivity contribution in [2.45, 2.75) is 0 Å². The van der Waals surface area contributed by atoms with Gasteiger partial charge in [0.05, 0.1) is 11.3 Å². The second-order valence-electron chi connectivity index (χ2n) is 7.11. The van der Waals surface area contributed by atoms with E-state index in [2.05, 4.69) is 5.32 Å². The molecule has 0 saturated carbocycles. The van der Waals surface area contributed by atoms with Gasteiger partial charge >= 0.3 is 5.97 Å². The van der Waals surface area contributed by atoms with Crippen molar-refractivity contribution in [3.63, 3.8) is 0 Å². The molecule has 4 rings (SSSR count). The highest BCUT2D eigenvalue weighted by Gasteiger charge is 2.34. The molecule has 0 unspecified atom stereocenters. The van der Waals surface area contributed by atoms with Crippen LogP contribution in [0.25, 0.3) is 6.08 Å². The standard InChI is InChI=1S/C26H17ClN2O4S/c27-19-13-15-20(16-14-19)29-24(31)21(23(30)28-26(29)34)11-6-10-17-7-4-5-12-22(17)33-25(32)18-8-2-1-3-9-18/h1-16H,(H,28,30,34)/b10-6-,21-11-. The Morgan fingerprint density at radius 3 is 2.35 bits per heavy atom. The maximum absolute atomic E-state index is 13.0. The monoisotopic (exact) mass is 488 g/mol. The third kappa shape index (κ3) is 5.11. The molecule has 6 nitrogen and oxygen atoms in total. The average Bonchev–Trinajstić information content (AvgIpc) is 2.83. The summed E-state index contributed by atoms with van der Waals surface area (Å²) in [5, 5.41) is 3.01. The van der Waals surface area contributed by atoms with E-state index in [1.807, 2.05) is 6.07 Å². The van der Waals surface area contributed by atoms with Crippen LogP contribution in [-0.4, -0.2) is 22.9 Å². The fourth-order valence-corrected chi connectivity index (χ4v) is 3.60. The van der Waals surface area contributed by atoms with Crippen LogP contribution in [0.2, 0.25) is 5.02 Å². The minimum Gasteiger partial charge on any atom is -0.422 e. The Morgan fingerprint density at radius 1 is 0.941 bits per heavy atom. The van der Waals surface area contributed by atoms with Gasteiger partial charge in [-0.3, -0.25) is 19.8 Å². The molecule has 0 atom stereocenters. The van der Waals surface area contributed by atoms with Crippen molar-refractivity contribution in [1.29, 1.82) is 0 Å². The summed E-state index contributed by atoms with van der Waals surface area (Å²) in [4.78, 5) is 39.1. The maximum Gasteiger partial charge on any atom is 0.343 e. The first-order valence-electron chi connectivity index (χ1n) is 10.1. The summed E-state index contributed by atoms with van der Waals surface area (Å²) in [6, 6.07) is 22.1. The zero-order valence-electron chi connectivity index (χ0n) is 17.6. The van der Waals surface area contributed by atoms with Gasteiger partial charge < -0.3 is 4.74 Å². The van der Waals surface area contributed by atoms with Crippen LogP contribution >= 0.6 is 23.8 Å². The van der Waals surface area contributed by atoms with Crippen molar-refractivity contribution in [2.24, 2.45) is 0 Å². The van der Waals surface area contributed by atoms with Crippen molar-refractivity contribution >= 4 is 58.5 Å². The summed E-state index contributed by atoms with van der Waals surface area (Å²) in [5.74, 6) is -1.32. The highest BCUT2D eigenvalue weighted by atomic mass is 35.5. The minimum atomic E-state index is -0.603. The van der Waals surface area contributed by atoms with Crippen molar-refractivity contribution in [2.75, 3.05) is 4.90 Å². The number of benzene rings is 3. The lowest BCUT2D eigenvalue weighted by Crippen LogP contribution is -2.54. The third-order valence-corrected chi connectivity index (χ3v) is 5.39. The Bertz CT molecular complexity index is 1330. The van der Waals surface area contributed by atoms with Gasteiger partial charge in [-0.15, -0.1) is 0 Å². The Morgan fingerprint density at radius 2 is 1.62 bits per heavy atom. The molecule has 1 heterocycles. The molecule has 34 heavy (non-hydrogen) atoms. The number of ether oxygens (including phenoxy) is 1. The maximum atomic E-state index is 13.0. The molecule has 1 N–H and O–H groups in total. The molecule has 0 radical (unpaired) electrons. The molecule has 3 aromatic carbocycles. The number of halogens is 1. The lowest BCUT2D eigenvalue weighted by molar-refractivity contribution is -0.122. The van der Waals surface area contributed by atoms with Crippen LogP contribution in [0.3, 0.4) is 0 Å². The quantitative estimate of drug-likeness (QED) is 0.181. The molecule has 0 aromatic heterocycles. The van der Waals surface area contributed by atoms with Crippen LogP contribution in [0.15, 0.2) is 96.6 Å². The van der Waals surface area contributed by atoms with Gasteiger partial charge in [-0.1, -0.05) is 60.2 Å². The number of carbonyl (C=O) groups excluding carboxylic acids is 3. The van der Waals surface area contributed by atoms with Gasteiger partial charge in [0.15, 0.2) is 5.11 Å². The predicted octanol–water partition coefficient (Wildman–Crippen LogP) is 4.95. The number of thiocarbonyl (C=S) groups is 1. The first kappa shape index (κ1) is 23.1. The molecule has 0 spiro atoms. The van der Waals surface area contributed by atoms with E-state index in [0.29, 0.717) is 27.6 Å². The second kappa shape index (κ2) is 10.2. The Hall–Kier alpha value is -4.07. The Labute approximate surface area is 206 Å². The molecule has 168 valence electrons. The van der Waals surface area contributed by atoms with E-state index < -0.39 is 17.8 Å². The van der Waals surface area contributed by atoms with Crippen molar-refractivity contribution in [1.82, 2.24) is 5.32 Å². The molecule has 1 saturated heterocycles. The summed E-state index contributed by atoms with van der Waals surface area (Å²) in [5.41, 5.74) is 1.40. The largest absolute Gasteiger partial charge is 0.422 e. The SMILES string of the molecule is O=C1NC(=S)N(c2ccc(Cl)cc2)C(=O)/C1=C\C=C/c1ccccc1OC(=O)c1ccccc1. The molecule has 1 aliphatic heterocycles. The van der Waals surface area contributed by atoms with Crippen LogP contribution in [0.4, 0.5) is 5.69 Å². The zero-order chi connectivity index (χ0) is 24.1. The van der Waals surface area contributed by atoms with Gasteiger partial charge in [-0.25, -0.2) is 4.79 Å². The number of para-hydroxylation sites is 1. The first-order valence-corrected chi connectivity index (χ1v) is 10.9. The lowest BCUT2D eigenvalue weighted by Gasteiger charge is -2.28. The Kier molecular flexibility index (Phi) is 6.96. The molecule has 1 aliphatic rings. The van der Waals surface area contributed by atoms with Crippen molar-refractivity contribution in [3.8, 4) is 5.75 Å². The molecule has 0 aliphatic carbocycles. The molecule has 8 heteroatoms. The highest BCUT2D eigenvalue weighted by molar-refractivity contribution is 7.80. The summed E-state index contributed by atoms with van der Waals surface area (Å²) in [7, 11) is 0. The zero-order valence-corrected chi connectivity index (χ0v) is 19.2. The molecular formula is C26H17ClN2O4S. The molecule has 3 aromatic rings. The van der Waals surface area contributed by atoms with Crippen LogP contribution in [-0.2, 0) is 9.59 Å². The number of nitrogens with one attached hydrogen (secondary N) is 1. The predicted molar refractivity (Wildman–Crippen MR) is 135 cm³/mol. The van der Waals surface area contributed by atoms with Gasteiger partial charge in [0.25, 0.3) is 11.8 Å². The summed E-state index contributed by atoms with van der Waals surface area (Å²) in [6.45, 7) is 0. The van der Waals surface area contributed by atoms with Gasteiger partial charge in [0.1, 0.15) is 11.3 Å². The van der Waals surface area contributed by atoms with E-state index in [0.717, 1.165) is 0 Å². The van der Waals surface area contributed by atoms with Crippen LogP contribution in [0, 0.1) is 0 Å². The molecular weight excluding hydrogens is 472 g/mol. The third-order valence-electron chi connectivity index (χ3n) is 4.86. The normalized spacial score (nSPS) is 15.0. The van der Waals surface area contributed by atoms with E-state index in [9.17, 15) is 14.4 Å². The number of esters is 1. The average molecular weight is 489 g/mol.